The number of nitrogens with one attached hydrogen (secondary N) is 2. The maximum atomic E-state index is 12.1. The molecule has 162 valence electrons. The van der Waals surface area contributed by atoms with Crippen LogP contribution in [0.5, 0.6) is 0 Å². The Balaban J connectivity index is 1.26. The fraction of sp³-hybridized carbons (Fsp3) is 0.375. The fourth-order valence-corrected chi connectivity index (χ4v) is 5.99. The van der Waals surface area contributed by atoms with Crippen LogP contribution >= 0.6 is 0 Å². The minimum absolute atomic E-state index is 0.412. The fourth-order valence-electron chi connectivity index (χ4n) is 4.88. The first kappa shape index (κ1) is 20.4. The smallest absolute Gasteiger partial charge is 0.167 e. The van der Waals surface area contributed by atoms with Gasteiger partial charge in [-0.15, -0.1) is 0 Å². The zero-order valence-corrected chi connectivity index (χ0v) is 18.5. The van der Waals surface area contributed by atoms with Gasteiger partial charge in [-0.25, -0.2) is 8.42 Å². The number of fused-ring (bicyclic) bond motifs is 2. The predicted molar refractivity (Wildman–Crippen MR) is 125 cm³/mol. The Morgan fingerprint density at radius 3 is 3.00 bits per heavy atom. The number of anilines is 1. The van der Waals surface area contributed by atoms with Crippen LogP contribution in [0.4, 0.5) is 5.69 Å². The van der Waals surface area contributed by atoms with Gasteiger partial charge in [-0.3, -0.25) is 15.2 Å². The molecule has 6 nitrogen and oxygen atoms in total. The number of pyridine rings is 1. The summed E-state index contributed by atoms with van der Waals surface area (Å²) in [4.78, 5) is 6.69. The first-order valence-corrected chi connectivity index (χ1v) is 12.8. The lowest BCUT2D eigenvalue weighted by Gasteiger charge is -2.26. The molecule has 0 radical (unpaired) electrons. The van der Waals surface area contributed by atoms with Crippen molar-refractivity contribution in [3.05, 3.63) is 71.5 Å². The molecule has 2 aliphatic rings. The van der Waals surface area contributed by atoms with Crippen molar-refractivity contribution < 1.29 is 8.42 Å². The van der Waals surface area contributed by atoms with Crippen molar-refractivity contribution in [2.45, 2.75) is 30.8 Å². The molecule has 1 saturated heterocycles. The molecule has 3 heterocycles. The monoisotopic (exact) mass is 436 g/mol. The van der Waals surface area contributed by atoms with Gasteiger partial charge in [0.2, 0.25) is 0 Å². The predicted octanol–water partition coefficient (Wildman–Crippen LogP) is 3.11. The number of benzene rings is 2. The molecule has 2 aliphatic heterocycles. The molecule has 5 rings (SSSR count). The quantitative estimate of drug-likeness (QED) is 0.640. The van der Waals surface area contributed by atoms with Crippen molar-refractivity contribution in [2.24, 2.45) is 0 Å². The first-order valence-electron chi connectivity index (χ1n) is 10.8. The third-order valence-corrected chi connectivity index (χ3v) is 7.64. The molecule has 2 aromatic carbocycles. The van der Waals surface area contributed by atoms with Gasteiger partial charge in [0.25, 0.3) is 0 Å². The molecule has 2 atom stereocenters. The molecule has 0 saturated carbocycles. The molecule has 0 aliphatic carbocycles. The van der Waals surface area contributed by atoms with Gasteiger partial charge in [0.1, 0.15) is 5.37 Å². The van der Waals surface area contributed by atoms with E-state index in [1.165, 1.54) is 22.9 Å². The van der Waals surface area contributed by atoms with Gasteiger partial charge in [0.15, 0.2) is 9.84 Å². The molecule has 1 unspecified atom stereocenters. The number of aromatic nitrogens is 1. The van der Waals surface area contributed by atoms with Gasteiger partial charge < -0.3 is 5.32 Å². The number of hydrogen-bond donors (Lipinski definition) is 2. The Hall–Kier alpha value is -2.48. The van der Waals surface area contributed by atoms with E-state index >= 15 is 0 Å². The summed E-state index contributed by atoms with van der Waals surface area (Å²) in [6.07, 6.45) is 7.02. The van der Waals surface area contributed by atoms with E-state index in [1.807, 2.05) is 18.5 Å². The molecule has 1 aromatic heterocycles. The van der Waals surface area contributed by atoms with Crippen LogP contribution < -0.4 is 10.6 Å². The van der Waals surface area contributed by atoms with E-state index < -0.39 is 15.2 Å². The third-order valence-electron chi connectivity index (χ3n) is 6.36. The summed E-state index contributed by atoms with van der Waals surface area (Å²) in [6.45, 7) is 3.63. The second-order valence-electron chi connectivity index (χ2n) is 8.71. The lowest BCUT2D eigenvalue weighted by molar-refractivity contribution is 0.328. The second kappa shape index (κ2) is 8.22. The molecule has 0 amide bonds. The van der Waals surface area contributed by atoms with Crippen molar-refractivity contribution in [2.75, 3.05) is 31.2 Å². The van der Waals surface area contributed by atoms with Gasteiger partial charge in [-0.05, 0) is 41.7 Å². The van der Waals surface area contributed by atoms with Crippen molar-refractivity contribution in [3.8, 4) is 0 Å². The zero-order chi connectivity index (χ0) is 21.4. The van der Waals surface area contributed by atoms with Crippen LogP contribution in [0.1, 0.15) is 28.5 Å². The third kappa shape index (κ3) is 4.31. The van der Waals surface area contributed by atoms with Gasteiger partial charge in [-0.1, -0.05) is 30.3 Å². The van der Waals surface area contributed by atoms with Crippen LogP contribution in [0.25, 0.3) is 10.8 Å². The molecule has 31 heavy (non-hydrogen) atoms. The summed E-state index contributed by atoms with van der Waals surface area (Å²) in [5.74, 6) is 0. The van der Waals surface area contributed by atoms with Crippen molar-refractivity contribution >= 4 is 26.3 Å². The normalized spacial score (nSPS) is 21.8. The number of hydrogen-bond acceptors (Lipinski definition) is 6. The van der Waals surface area contributed by atoms with Gasteiger partial charge in [0, 0.05) is 67.3 Å². The Morgan fingerprint density at radius 1 is 1.23 bits per heavy atom. The van der Waals surface area contributed by atoms with Gasteiger partial charge in [0.05, 0.1) is 0 Å². The number of likely N-dealkylation sites (tertiary alicyclic amines) is 1. The van der Waals surface area contributed by atoms with E-state index in [4.69, 9.17) is 0 Å². The summed E-state index contributed by atoms with van der Waals surface area (Å²) >= 11 is 0. The zero-order valence-electron chi connectivity index (χ0n) is 17.7. The van der Waals surface area contributed by atoms with E-state index in [-0.39, 0.29) is 0 Å². The van der Waals surface area contributed by atoms with Crippen molar-refractivity contribution in [1.82, 2.24) is 15.2 Å². The molecular weight excluding hydrogens is 408 g/mol. The van der Waals surface area contributed by atoms with Gasteiger partial charge >= 0.3 is 0 Å². The standard InChI is InChI=1S/C24H28N4O2S/c1-31(29,30)24-22-6-5-17(13-18(22)7-11-26-24)15-28-12-9-20(16-28)27-23-4-2-3-19-14-25-10-8-21(19)23/h2-6,8,10,13-14,20,24,26-27H,7,9,11-12,15-16H2,1H3/t20?,24-/m1/s1. The summed E-state index contributed by atoms with van der Waals surface area (Å²) in [6, 6.07) is 15.1. The largest absolute Gasteiger partial charge is 0.380 e. The lowest BCUT2D eigenvalue weighted by atomic mass is 9.98. The van der Waals surface area contributed by atoms with E-state index in [9.17, 15) is 8.42 Å². The number of nitrogens with zero attached hydrogens (tertiary/aromatic N) is 2. The Morgan fingerprint density at radius 2 is 2.13 bits per heavy atom. The van der Waals surface area contributed by atoms with Crippen molar-refractivity contribution in [3.63, 3.8) is 0 Å². The van der Waals surface area contributed by atoms with E-state index in [0.717, 1.165) is 49.0 Å². The summed E-state index contributed by atoms with van der Waals surface area (Å²) in [5.41, 5.74) is 4.48. The Bertz CT molecular complexity index is 1210. The second-order valence-corrected chi connectivity index (χ2v) is 10.8. The maximum Gasteiger partial charge on any atom is 0.167 e. The van der Waals surface area contributed by atoms with Crippen LogP contribution in [-0.4, -0.2) is 50.2 Å². The maximum absolute atomic E-state index is 12.1. The Kier molecular flexibility index (Phi) is 5.42. The highest BCUT2D eigenvalue weighted by Gasteiger charge is 2.28. The minimum Gasteiger partial charge on any atom is -0.380 e. The van der Waals surface area contributed by atoms with Crippen LogP contribution in [0, 0.1) is 0 Å². The molecule has 0 spiro atoms. The highest BCUT2D eigenvalue weighted by Crippen LogP contribution is 2.29. The average Bonchev–Trinajstić information content (AvgIpc) is 3.19. The SMILES string of the molecule is CS(=O)(=O)[C@H]1NCCc2cc(CN3CCC(Nc4cccc5cnccc45)C3)ccc21. The minimum atomic E-state index is -3.16. The first-order chi connectivity index (χ1) is 15.0. The number of sulfone groups is 1. The summed E-state index contributed by atoms with van der Waals surface area (Å²) in [5, 5.41) is 8.64. The van der Waals surface area contributed by atoms with E-state index in [2.05, 4.69) is 56.9 Å². The molecule has 0 bridgehead atoms. The molecule has 7 heteroatoms. The van der Waals surface area contributed by atoms with Crippen LogP contribution in [-0.2, 0) is 22.8 Å². The molecular formula is C24H28N4O2S. The van der Waals surface area contributed by atoms with Crippen molar-refractivity contribution in [1.29, 1.82) is 0 Å². The molecule has 1 fully saturated rings. The Labute approximate surface area is 183 Å². The topological polar surface area (TPSA) is 74.3 Å². The summed E-state index contributed by atoms with van der Waals surface area (Å²) < 4.78 is 24.2. The van der Waals surface area contributed by atoms with Crippen LogP contribution in [0.15, 0.2) is 54.9 Å². The molecule has 2 N–H and O–H groups in total. The summed E-state index contributed by atoms with van der Waals surface area (Å²) in [7, 11) is -3.16. The number of rotatable bonds is 5. The lowest BCUT2D eigenvalue weighted by Crippen LogP contribution is -2.34. The highest BCUT2D eigenvalue weighted by molar-refractivity contribution is 7.90. The van der Waals surface area contributed by atoms with E-state index in [1.54, 1.807) is 0 Å². The average molecular weight is 437 g/mol. The van der Waals surface area contributed by atoms with Crippen LogP contribution in [0.3, 0.4) is 0 Å². The van der Waals surface area contributed by atoms with Gasteiger partial charge in [-0.2, -0.15) is 0 Å². The molecule has 3 aromatic rings. The van der Waals surface area contributed by atoms with Crippen LogP contribution in [0.2, 0.25) is 0 Å². The van der Waals surface area contributed by atoms with E-state index in [0.29, 0.717) is 12.6 Å². The highest BCUT2D eigenvalue weighted by atomic mass is 32.2.